The Labute approximate surface area is 121 Å². The average Bonchev–Trinajstić information content (AvgIpc) is 2.71. The van der Waals surface area contributed by atoms with E-state index >= 15 is 0 Å². The zero-order chi connectivity index (χ0) is 11.0. The fraction of sp³-hybridized carbons (Fsp3) is 0.111. The van der Waals surface area contributed by atoms with Crippen LogP contribution in [-0.2, 0) is 0 Å². The Hall–Kier alpha value is 0.800. The van der Waals surface area contributed by atoms with Crippen molar-refractivity contribution in [3.8, 4) is 0 Å². The number of nitrogens with two attached hydrogens (primary N) is 1. The summed E-state index contributed by atoms with van der Waals surface area (Å²) in [5.74, 6) is 0. The van der Waals surface area contributed by atoms with Crippen LogP contribution in [0.3, 0.4) is 0 Å². The highest BCUT2D eigenvalue weighted by Crippen LogP contribution is 2.39. The van der Waals surface area contributed by atoms with Gasteiger partial charge in [0.2, 0.25) is 0 Å². The van der Waals surface area contributed by atoms with Crippen LogP contribution >= 0.6 is 70.5 Å². The second kappa shape index (κ2) is 4.98. The molecule has 0 aromatic carbocycles. The summed E-state index contributed by atoms with van der Waals surface area (Å²) in [4.78, 5) is 0. The first-order valence-corrected chi connectivity index (χ1v) is 8.15. The Bertz CT molecular complexity index is 477. The van der Waals surface area contributed by atoms with Crippen molar-refractivity contribution in [1.82, 2.24) is 0 Å². The Morgan fingerprint density at radius 3 is 2.33 bits per heavy atom. The van der Waals surface area contributed by atoms with Gasteiger partial charge in [-0.2, -0.15) is 11.3 Å². The van der Waals surface area contributed by atoms with Crippen LogP contribution in [0.5, 0.6) is 0 Å². The Morgan fingerprint density at radius 1 is 1.13 bits per heavy atom. The number of hydrogen-bond donors (Lipinski definition) is 1. The van der Waals surface area contributed by atoms with Crippen LogP contribution in [0, 0.1) is 0 Å². The van der Waals surface area contributed by atoms with Crippen molar-refractivity contribution >= 4 is 70.5 Å². The van der Waals surface area contributed by atoms with Crippen molar-refractivity contribution in [2.75, 3.05) is 0 Å². The van der Waals surface area contributed by atoms with Crippen molar-refractivity contribution in [3.63, 3.8) is 0 Å². The van der Waals surface area contributed by atoms with E-state index < -0.39 is 0 Å². The summed E-state index contributed by atoms with van der Waals surface area (Å²) in [5.41, 5.74) is 8.46. The van der Waals surface area contributed by atoms with Crippen LogP contribution in [0.1, 0.15) is 17.2 Å². The molecule has 0 fully saturated rings. The summed E-state index contributed by atoms with van der Waals surface area (Å²) < 4.78 is 3.25. The number of rotatable bonds is 2. The van der Waals surface area contributed by atoms with Gasteiger partial charge in [0.1, 0.15) is 0 Å². The first-order valence-electron chi connectivity index (χ1n) is 4.01. The van der Waals surface area contributed by atoms with E-state index in [0.29, 0.717) is 0 Å². The minimum absolute atomic E-state index is 0.0810. The van der Waals surface area contributed by atoms with Crippen molar-refractivity contribution in [2.45, 2.75) is 6.04 Å². The summed E-state index contributed by atoms with van der Waals surface area (Å²) in [7, 11) is 0. The van der Waals surface area contributed by atoms with Crippen molar-refractivity contribution in [1.29, 1.82) is 0 Å². The minimum Gasteiger partial charge on any atom is -0.320 e. The quantitative estimate of drug-likeness (QED) is 0.699. The smallest absolute Gasteiger partial charge is 0.0761 e. The predicted octanol–water partition coefficient (Wildman–Crippen LogP) is 5.15. The lowest BCUT2D eigenvalue weighted by atomic mass is 10.1. The molecule has 0 aliphatic rings. The lowest BCUT2D eigenvalue weighted by molar-refractivity contribution is 0.872. The molecule has 0 aliphatic heterocycles. The molecule has 1 unspecified atom stereocenters. The van der Waals surface area contributed by atoms with Gasteiger partial charge in [-0.1, -0.05) is 0 Å². The van der Waals surface area contributed by atoms with Crippen LogP contribution in [0.2, 0.25) is 0 Å². The van der Waals surface area contributed by atoms with E-state index in [0.717, 1.165) is 23.2 Å². The number of halogens is 3. The highest BCUT2D eigenvalue weighted by molar-refractivity contribution is 9.12. The Morgan fingerprint density at radius 2 is 1.87 bits per heavy atom. The maximum atomic E-state index is 6.21. The highest BCUT2D eigenvalue weighted by atomic mass is 79.9. The maximum absolute atomic E-state index is 6.21. The first-order chi connectivity index (χ1) is 7.09. The molecule has 80 valence electrons. The standard InChI is InChI=1S/C9H6Br3NS2/c10-6-3-14-2-5(6)8(13)4-1-7(11)15-9(4)12/h1-3,8H,13H2. The van der Waals surface area contributed by atoms with E-state index in [1.54, 1.807) is 22.7 Å². The molecular formula is C9H6Br3NS2. The summed E-state index contributed by atoms with van der Waals surface area (Å²) in [6.07, 6.45) is 0. The van der Waals surface area contributed by atoms with Crippen molar-refractivity contribution in [2.24, 2.45) is 5.73 Å². The van der Waals surface area contributed by atoms with Gasteiger partial charge in [-0.15, -0.1) is 11.3 Å². The van der Waals surface area contributed by atoms with Crippen LogP contribution in [-0.4, -0.2) is 0 Å². The lowest BCUT2D eigenvalue weighted by Crippen LogP contribution is -2.10. The van der Waals surface area contributed by atoms with Crippen LogP contribution in [0.15, 0.2) is 28.9 Å². The molecule has 15 heavy (non-hydrogen) atoms. The van der Waals surface area contributed by atoms with E-state index in [-0.39, 0.29) is 6.04 Å². The molecule has 0 saturated heterocycles. The van der Waals surface area contributed by atoms with E-state index in [1.807, 2.05) is 5.38 Å². The molecule has 2 rings (SSSR count). The molecule has 0 spiro atoms. The van der Waals surface area contributed by atoms with E-state index in [9.17, 15) is 0 Å². The third-order valence-electron chi connectivity index (χ3n) is 2.00. The molecule has 0 aliphatic carbocycles. The van der Waals surface area contributed by atoms with E-state index in [2.05, 4.69) is 59.2 Å². The molecule has 0 amide bonds. The topological polar surface area (TPSA) is 26.0 Å². The Kier molecular flexibility index (Phi) is 4.07. The van der Waals surface area contributed by atoms with Gasteiger partial charge in [0.25, 0.3) is 0 Å². The molecule has 2 heterocycles. The molecule has 2 N–H and O–H groups in total. The fourth-order valence-electron chi connectivity index (χ4n) is 1.25. The van der Waals surface area contributed by atoms with Gasteiger partial charge in [0.05, 0.1) is 13.6 Å². The first kappa shape index (κ1) is 12.3. The van der Waals surface area contributed by atoms with Crippen molar-refractivity contribution in [3.05, 3.63) is 40.0 Å². The van der Waals surface area contributed by atoms with Gasteiger partial charge < -0.3 is 5.73 Å². The second-order valence-corrected chi connectivity index (χ2v) is 8.28. The minimum atomic E-state index is -0.0810. The zero-order valence-electron chi connectivity index (χ0n) is 7.34. The van der Waals surface area contributed by atoms with Gasteiger partial charge >= 0.3 is 0 Å². The average molecular weight is 432 g/mol. The molecule has 0 radical (unpaired) electrons. The Balaban J connectivity index is 2.40. The van der Waals surface area contributed by atoms with Gasteiger partial charge in [-0.25, -0.2) is 0 Å². The number of hydrogen-bond acceptors (Lipinski definition) is 3. The molecule has 0 saturated carbocycles. The monoisotopic (exact) mass is 429 g/mol. The normalized spacial score (nSPS) is 13.1. The van der Waals surface area contributed by atoms with Crippen LogP contribution in [0.25, 0.3) is 0 Å². The molecule has 1 nitrogen and oxygen atoms in total. The third kappa shape index (κ3) is 2.56. The van der Waals surface area contributed by atoms with Gasteiger partial charge in [-0.05, 0) is 70.4 Å². The lowest BCUT2D eigenvalue weighted by Gasteiger charge is -2.09. The van der Waals surface area contributed by atoms with Crippen LogP contribution in [0.4, 0.5) is 0 Å². The molecule has 1 atom stereocenters. The molecule has 0 bridgehead atoms. The van der Waals surface area contributed by atoms with E-state index in [1.165, 1.54) is 0 Å². The SMILES string of the molecule is NC(c1cscc1Br)c1cc(Br)sc1Br. The second-order valence-electron chi connectivity index (χ2n) is 2.93. The maximum Gasteiger partial charge on any atom is 0.0761 e. The van der Waals surface area contributed by atoms with Gasteiger partial charge in [0, 0.05) is 9.85 Å². The summed E-state index contributed by atoms with van der Waals surface area (Å²) in [5, 5.41) is 4.12. The fourth-order valence-corrected chi connectivity index (χ4v) is 5.75. The molecule has 6 heteroatoms. The third-order valence-corrected chi connectivity index (χ3v) is 6.13. The van der Waals surface area contributed by atoms with Gasteiger partial charge in [0.15, 0.2) is 0 Å². The summed E-state index contributed by atoms with van der Waals surface area (Å²) >= 11 is 13.8. The summed E-state index contributed by atoms with van der Waals surface area (Å²) in [6, 6.07) is 1.98. The molecular weight excluding hydrogens is 426 g/mol. The summed E-state index contributed by atoms with van der Waals surface area (Å²) in [6.45, 7) is 0. The highest BCUT2D eigenvalue weighted by Gasteiger charge is 2.17. The van der Waals surface area contributed by atoms with Crippen molar-refractivity contribution < 1.29 is 0 Å². The van der Waals surface area contributed by atoms with Crippen LogP contribution < -0.4 is 5.73 Å². The molecule has 2 aromatic rings. The number of thiophene rings is 2. The molecule has 2 aromatic heterocycles. The zero-order valence-corrected chi connectivity index (χ0v) is 13.7. The predicted molar refractivity (Wildman–Crippen MR) is 77.8 cm³/mol. The van der Waals surface area contributed by atoms with E-state index in [4.69, 9.17) is 5.73 Å². The van der Waals surface area contributed by atoms with Gasteiger partial charge in [-0.3, -0.25) is 0 Å². The largest absolute Gasteiger partial charge is 0.320 e.